The number of aryl methyl sites for hydroxylation is 2. The van der Waals surface area contributed by atoms with Crippen molar-refractivity contribution < 1.29 is 45.4 Å². The second-order valence-corrected chi connectivity index (χ2v) is 11.9. The first-order valence-corrected chi connectivity index (χ1v) is 14.0. The van der Waals surface area contributed by atoms with E-state index >= 15 is 4.39 Å². The van der Waals surface area contributed by atoms with Crippen molar-refractivity contribution >= 4 is 28.5 Å². The van der Waals surface area contributed by atoms with E-state index in [1.54, 1.807) is 39.8 Å². The first-order chi connectivity index (χ1) is 21.5. The number of carbonyl (C=O) groups excluding carboxylic acids is 2. The van der Waals surface area contributed by atoms with E-state index in [1.807, 2.05) is 0 Å². The van der Waals surface area contributed by atoms with Crippen LogP contribution >= 0.6 is 0 Å². The Labute approximate surface area is 258 Å². The van der Waals surface area contributed by atoms with Gasteiger partial charge in [-0.3, -0.25) is 14.2 Å². The van der Waals surface area contributed by atoms with Gasteiger partial charge in [0.05, 0.1) is 33.6 Å². The molecule has 0 N–H and O–H groups in total. The predicted molar refractivity (Wildman–Crippen MR) is 153 cm³/mol. The van der Waals surface area contributed by atoms with Crippen LogP contribution in [-0.4, -0.2) is 28.5 Å². The SMILES string of the molecule is Cc1nc2cc3c(cc2c(=O)n1COC(=O)C(C)(C)C)[C@H](N(C)c1cccc(C(=O)Oc2c(F)c(F)c(F)c(F)c2F)c1F)CC3. The quantitative estimate of drug-likeness (QED) is 0.0784. The van der Waals surface area contributed by atoms with Crippen LogP contribution in [0.1, 0.15) is 60.5 Å². The molecule has 0 bridgehead atoms. The number of anilines is 1. The summed E-state index contributed by atoms with van der Waals surface area (Å²) >= 11 is 0. The van der Waals surface area contributed by atoms with Crippen LogP contribution in [0.5, 0.6) is 5.75 Å². The molecule has 0 aliphatic heterocycles. The van der Waals surface area contributed by atoms with Gasteiger partial charge in [0.25, 0.3) is 5.56 Å². The van der Waals surface area contributed by atoms with Gasteiger partial charge in [0.1, 0.15) is 5.82 Å². The van der Waals surface area contributed by atoms with Crippen LogP contribution in [0, 0.1) is 47.2 Å². The smallest absolute Gasteiger partial charge is 0.346 e. The van der Waals surface area contributed by atoms with Gasteiger partial charge >= 0.3 is 11.9 Å². The van der Waals surface area contributed by atoms with Crippen LogP contribution in [-0.2, 0) is 22.7 Å². The molecule has 1 aromatic heterocycles. The normalized spacial score (nSPS) is 14.4. The molecule has 46 heavy (non-hydrogen) atoms. The zero-order valence-corrected chi connectivity index (χ0v) is 25.2. The van der Waals surface area contributed by atoms with E-state index < -0.39 is 75.2 Å². The van der Waals surface area contributed by atoms with Crippen molar-refractivity contribution in [2.45, 2.75) is 53.3 Å². The summed E-state index contributed by atoms with van der Waals surface area (Å²) in [5, 5.41) is 0.233. The van der Waals surface area contributed by atoms with Crippen molar-refractivity contribution in [1.82, 2.24) is 9.55 Å². The number of benzene rings is 3. The van der Waals surface area contributed by atoms with Gasteiger partial charge in [-0.2, -0.15) is 8.78 Å². The number of rotatable bonds is 6. The number of aromatic nitrogens is 2. The van der Waals surface area contributed by atoms with Gasteiger partial charge in [0, 0.05) is 7.05 Å². The number of halogens is 6. The first kappa shape index (κ1) is 32.5. The molecule has 14 heteroatoms. The second-order valence-electron chi connectivity index (χ2n) is 11.9. The van der Waals surface area contributed by atoms with Gasteiger partial charge in [0.2, 0.25) is 34.8 Å². The minimum atomic E-state index is -2.44. The summed E-state index contributed by atoms with van der Waals surface area (Å²) < 4.78 is 95.5. The lowest BCUT2D eigenvalue weighted by molar-refractivity contribution is -0.157. The van der Waals surface area contributed by atoms with E-state index in [0.717, 1.165) is 11.6 Å². The lowest BCUT2D eigenvalue weighted by Gasteiger charge is -2.28. The average Bonchev–Trinajstić information content (AvgIpc) is 3.42. The molecule has 0 saturated carbocycles. The molecule has 0 radical (unpaired) electrons. The third-order valence-electron chi connectivity index (χ3n) is 7.80. The van der Waals surface area contributed by atoms with Crippen molar-refractivity contribution in [2.24, 2.45) is 5.41 Å². The molecule has 1 aliphatic carbocycles. The first-order valence-electron chi connectivity index (χ1n) is 14.0. The Morgan fingerprint density at radius 2 is 1.61 bits per heavy atom. The van der Waals surface area contributed by atoms with Crippen LogP contribution in [0.15, 0.2) is 35.1 Å². The summed E-state index contributed by atoms with van der Waals surface area (Å²) in [6.45, 7) is 6.31. The van der Waals surface area contributed by atoms with E-state index in [4.69, 9.17) is 4.74 Å². The summed E-state index contributed by atoms with van der Waals surface area (Å²) in [6.07, 6.45) is 1.01. The van der Waals surface area contributed by atoms with Gasteiger partial charge in [-0.25, -0.2) is 27.3 Å². The minimum absolute atomic E-state index is 0.140. The molecule has 0 unspecified atom stereocenters. The Hall–Kier alpha value is -4.88. The van der Waals surface area contributed by atoms with Crippen molar-refractivity contribution in [3.05, 3.63) is 98.1 Å². The van der Waals surface area contributed by atoms with E-state index in [-0.39, 0.29) is 17.8 Å². The van der Waals surface area contributed by atoms with Gasteiger partial charge in [-0.1, -0.05) is 6.07 Å². The second kappa shape index (κ2) is 11.8. The van der Waals surface area contributed by atoms with Gasteiger partial charge < -0.3 is 14.4 Å². The van der Waals surface area contributed by atoms with Crippen LogP contribution in [0.4, 0.5) is 32.0 Å². The Balaban J connectivity index is 1.46. The minimum Gasteiger partial charge on any atom is -0.443 e. The predicted octanol–water partition coefficient (Wildman–Crippen LogP) is 6.43. The summed E-state index contributed by atoms with van der Waals surface area (Å²) in [6, 6.07) is 6.39. The molecule has 1 aliphatic rings. The fourth-order valence-corrected chi connectivity index (χ4v) is 5.25. The maximum atomic E-state index is 15.7. The molecule has 3 aromatic carbocycles. The zero-order valence-electron chi connectivity index (χ0n) is 25.2. The molecular weight excluding hydrogens is 620 g/mol. The third kappa shape index (κ3) is 5.56. The molecule has 4 aromatic rings. The maximum Gasteiger partial charge on any atom is 0.346 e. The van der Waals surface area contributed by atoms with Gasteiger partial charge in [-0.05, 0) is 75.9 Å². The van der Waals surface area contributed by atoms with E-state index in [2.05, 4.69) is 9.72 Å². The highest BCUT2D eigenvalue weighted by atomic mass is 19.2. The highest BCUT2D eigenvalue weighted by Gasteiger charge is 2.32. The third-order valence-corrected chi connectivity index (χ3v) is 7.80. The highest BCUT2D eigenvalue weighted by molar-refractivity contribution is 5.92. The Bertz CT molecular complexity index is 1960. The fourth-order valence-electron chi connectivity index (χ4n) is 5.25. The Morgan fingerprint density at radius 1 is 0.978 bits per heavy atom. The molecule has 0 saturated heterocycles. The molecular formula is C32H27F6N3O5. The zero-order chi connectivity index (χ0) is 33.8. The Morgan fingerprint density at radius 3 is 2.24 bits per heavy atom. The number of ether oxygens (including phenoxy) is 2. The number of hydrogen-bond acceptors (Lipinski definition) is 7. The number of hydrogen-bond donors (Lipinski definition) is 0. The summed E-state index contributed by atoms with van der Waals surface area (Å²) in [5.74, 6) is -16.8. The number of esters is 2. The number of nitrogens with zero attached hydrogens (tertiary/aromatic N) is 3. The van der Waals surface area contributed by atoms with Crippen LogP contribution in [0.25, 0.3) is 10.9 Å². The number of carbonyl (C=O) groups is 2. The fraction of sp³-hybridized carbons (Fsp3) is 0.312. The van der Waals surface area contributed by atoms with Crippen molar-refractivity contribution in [3.8, 4) is 5.75 Å². The van der Waals surface area contributed by atoms with Crippen molar-refractivity contribution in [1.29, 1.82) is 0 Å². The Kier molecular flexibility index (Phi) is 8.34. The molecule has 0 fully saturated rings. The van der Waals surface area contributed by atoms with Crippen LogP contribution < -0.4 is 15.2 Å². The summed E-state index contributed by atoms with van der Waals surface area (Å²) in [4.78, 5) is 44.5. The molecule has 1 heterocycles. The monoisotopic (exact) mass is 647 g/mol. The highest BCUT2D eigenvalue weighted by Crippen LogP contribution is 2.40. The van der Waals surface area contributed by atoms with Gasteiger partial charge in [0.15, 0.2) is 12.5 Å². The lowest BCUT2D eigenvalue weighted by atomic mass is 9.98. The topological polar surface area (TPSA) is 90.7 Å². The van der Waals surface area contributed by atoms with E-state index in [9.17, 15) is 36.3 Å². The molecule has 0 amide bonds. The van der Waals surface area contributed by atoms with Gasteiger partial charge in [-0.15, -0.1) is 0 Å². The summed E-state index contributed by atoms with van der Waals surface area (Å²) in [7, 11) is 1.53. The lowest BCUT2D eigenvalue weighted by Crippen LogP contribution is -2.30. The average molecular weight is 648 g/mol. The van der Waals surface area contributed by atoms with E-state index in [0.29, 0.717) is 29.7 Å². The van der Waals surface area contributed by atoms with Crippen LogP contribution in [0.2, 0.25) is 0 Å². The standard InChI is InChI=1S/C32H27F6N3O5/c1-14-39-19-11-15-9-10-20(17(15)12-18(19)29(42)41(14)13-45-31(44)32(2,3)4)40(5)21-8-6-7-16(22(21)33)30(43)46-28-26(37)24(35)23(34)25(36)27(28)38/h6-8,11-12,20H,9-10,13H2,1-5H3/t20-/m1/s1. The largest absolute Gasteiger partial charge is 0.443 e. The molecule has 8 nitrogen and oxygen atoms in total. The van der Waals surface area contributed by atoms with E-state index in [1.165, 1.54) is 28.6 Å². The molecule has 242 valence electrons. The maximum absolute atomic E-state index is 15.7. The van der Waals surface area contributed by atoms with Crippen LogP contribution in [0.3, 0.4) is 0 Å². The van der Waals surface area contributed by atoms with Crippen molar-refractivity contribution in [3.63, 3.8) is 0 Å². The molecule has 1 atom stereocenters. The van der Waals surface area contributed by atoms with Crippen molar-refractivity contribution in [2.75, 3.05) is 11.9 Å². The molecule has 5 rings (SSSR count). The summed E-state index contributed by atoms with van der Waals surface area (Å²) in [5.41, 5.74) is -0.265. The molecule has 0 spiro atoms. The number of fused-ring (bicyclic) bond motifs is 2.